The van der Waals surface area contributed by atoms with Crippen molar-refractivity contribution in [2.24, 2.45) is 0 Å². The maximum Gasteiger partial charge on any atom is 0.251 e. The van der Waals surface area contributed by atoms with Crippen LogP contribution in [0.1, 0.15) is 22.2 Å². The normalized spacial score (nSPS) is 32.4. The van der Waals surface area contributed by atoms with Crippen molar-refractivity contribution >= 4 is 5.91 Å². The molecule has 0 unspecified atom stereocenters. The fourth-order valence-electron chi connectivity index (χ4n) is 3.69. The number of hydrogen-bond acceptors (Lipinski definition) is 5. The second kappa shape index (κ2) is 8.38. The van der Waals surface area contributed by atoms with Crippen molar-refractivity contribution in [3.8, 4) is 0 Å². The van der Waals surface area contributed by atoms with E-state index in [-0.39, 0.29) is 24.2 Å². The average molecular weight is 385 g/mol. The minimum atomic E-state index is -0.628. The summed E-state index contributed by atoms with van der Waals surface area (Å²) in [5.74, 6) is -0.199. The van der Waals surface area contributed by atoms with Gasteiger partial charge in [-0.15, -0.1) is 0 Å². The van der Waals surface area contributed by atoms with Crippen molar-refractivity contribution < 1.29 is 29.5 Å². The molecule has 148 valence electrons. The Labute approximate surface area is 163 Å². The fraction of sp³-hybridized carbons (Fsp3) is 0.381. The molecule has 2 aromatic rings. The predicted molar refractivity (Wildman–Crippen MR) is 100 cm³/mol. The summed E-state index contributed by atoms with van der Waals surface area (Å²) in [7, 11) is 1.55. The summed E-state index contributed by atoms with van der Waals surface area (Å²) < 4.78 is 23.5. The molecule has 0 bridgehead atoms. The first-order chi connectivity index (χ1) is 13.7. The van der Waals surface area contributed by atoms with Gasteiger partial charge in [0.25, 0.3) is 5.91 Å². The van der Waals surface area contributed by atoms with Gasteiger partial charge in [-0.3, -0.25) is 4.79 Å². The quantitative estimate of drug-likeness (QED) is 0.815. The van der Waals surface area contributed by atoms with Crippen LogP contribution in [0.4, 0.5) is 0 Å². The van der Waals surface area contributed by atoms with Gasteiger partial charge in [0, 0.05) is 18.2 Å². The molecule has 28 heavy (non-hydrogen) atoms. The van der Waals surface area contributed by atoms with Crippen molar-refractivity contribution in [2.45, 2.75) is 36.9 Å². The largest absolute Gasteiger partial charge is 0.354 e. The lowest BCUT2D eigenvalue weighted by Crippen LogP contribution is -2.82. The molecular weight excluding hydrogens is 360 g/mol. The van der Waals surface area contributed by atoms with Crippen LogP contribution >= 0.6 is 0 Å². The summed E-state index contributed by atoms with van der Waals surface area (Å²) in [6.45, 7) is 0.370. The van der Waals surface area contributed by atoms with E-state index in [0.717, 1.165) is 5.56 Å². The van der Waals surface area contributed by atoms with E-state index in [0.29, 0.717) is 12.2 Å². The van der Waals surface area contributed by atoms with Crippen LogP contribution in [0, 0.1) is 0 Å². The standard InChI is InChI=1S/C21H24N2O5/c1-25-21-17(23-19(24)13-8-4-2-5-9-13)16(22)18-15(27-21)12-26-20(28-18)14-10-6-3-7-11-14/h2-11,15-18,20-21H,12,22H2,1H3,(H,23,24)/p+1/t15-,16-,17-,18-,20+,21-/m1/s1. The van der Waals surface area contributed by atoms with Crippen LogP contribution in [0.15, 0.2) is 60.7 Å². The summed E-state index contributed by atoms with van der Waals surface area (Å²) in [5, 5.41) is 3.00. The zero-order valence-electron chi connectivity index (χ0n) is 15.7. The minimum Gasteiger partial charge on any atom is -0.354 e. The number of fused-ring (bicyclic) bond motifs is 1. The molecule has 0 radical (unpaired) electrons. The number of ether oxygens (including phenoxy) is 4. The van der Waals surface area contributed by atoms with Crippen molar-refractivity contribution in [1.82, 2.24) is 5.32 Å². The lowest BCUT2D eigenvalue weighted by molar-refractivity contribution is -0.490. The summed E-state index contributed by atoms with van der Waals surface area (Å²) in [6.07, 6.45) is -1.75. The molecule has 0 aliphatic carbocycles. The summed E-state index contributed by atoms with van der Waals surface area (Å²) in [6, 6.07) is 18.1. The van der Waals surface area contributed by atoms with Crippen LogP contribution in [-0.2, 0) is 18.9 Å². The molecular formula is C21H25N2O5+. The van der Waals surface area contributed by atoms with Crippen LogP contribution in [0.3, 0.4) is 0 Å². The zero-order chi connectivity index (χ0) is 19.5. The number of rotatable bonds is 4. The molecule has 2 saturated heterocycles. The second-order valence-corrected chi connectivity index (χ2v) is 6.98. The molecule has 4 rings (SSSR count). The SMILES string of the molecule is CO[C@@H]1O[C@@H]2CO[C@H](c3ccccc3)O[C@H]2[C@H]([NH3+])[C@H]1NC(=O)c1ccccc1. The number of quaternary nitrogens is 1. The molecule has 7 heteroatoms. The summed E-state index contributed by atoms with van der Waals surface area (Å²) in [5.41, 5.74) is 5.79. The zero-order valence-corrected chi connectivity index (χ0v) is 15.7. The number of methoxy groups -OCH3 is 1. The van der Waals surface area contributed by atoms with Gasteiger partial charge >= 0.3 is 0 Å². The van der Waals surface area contributed by atoms with Gasteiger partial charge in [0.2, 0.25) is 0 Å². The number of hydrogen-bond donors (Lipinski definition) is 2. The Morgan fingerprint density at radius 1 is 1.07 bits per heavy atom. The lowest BCUT2D eigenvalue weighted by atomic mass is 9.93. The molecule has 1 amide bonds. The first-order valence-electron chi connectivity index (χ1n) is 9.36. The molecule has 0 spiro atoms. The third kappa shape index (κ3) is 3.80. The van der Waals surface area contributed by atoms with Gasteiger partial charge in [-0.05, 0) is 12.1 Å². The van der Waals surface area contributed by atoms with Gasteiger partial charge in [-0.1, -0.05) is 48.5 Å². The van der Waals surface area contributed by atoms with Gasteiger partial charge < -0.3 is 30.0 Å². The van der Waals surface area contributed by atoms with E-state index in [2.05, 4.69) is 11.1 Å². The van der Waals surface area contributed by atoms with Crippen LogP contribution in [0.25, 0.3) is 0 Å². The third-order valence-corrected chi connectivity index (χ3v) is 5.18. The van der Waals surface area contributed by atoms with E-state index in [1.807, 2.05) is 48.5 Å². The first-order valence-corrected chi connectivity index (χ1v) is 9.36. The van der Waals surface area contributed by atoms with Gasteiger partial charge in [-0.25, -0.2) is 0 Å². The topological polar surface area (TPSA) is 93.7 Å². The number of nitrogens with one attached hydrogen (secondary N) is 1. The van der Waals surface area contributed by atoms with E-state index in [9.17, 15) is 4.79 Å². The van der Waals surface area contributed by atoms with Gasteiger partial charge in [0.15, 0.2) is 12.6 Å². The predicted octanol–water partition coefficient (Wildman–Crippen LogP) is 0.881. The molecule has 0 aromatic heterocycles. The van der Waals surface area contributed by atoms with Crippen molar-refractivity contribution in [2.75, 3.05) is 13.7 Å². The van der Waals surface area contributed by atoms with Gasteiger partial charge in [-0.2, -0.15) is 0 Å². The molecule has 2 aromatic carbocycles. The molecule has 4 N–H and O–H groups in total. The fourth-order valence-corrected chi connectivity index (χ4v) is 3.69. The molecule has 2 fully saturated rings. The average Bonchev–Trinajstić information content (AvgIpc) is 2.76. The highest BCUT2D eigenvalue weighted by Gasteiger charge is 2.51. The summed E-state index contributed by atoms with van der Waals surface area (Å²) in [4.78, 5) is 12.7. The minimum absolute atomic E-state index is 0.199. The Balaban J connectivity index is 1.50. The Bertz CT molecular complexity index is 788. The highest BCUT2D eigenvalue weighted by molar-refractivity contribution is 5.94. The molecule has 2 aliphatic heterocycles. The number of carbonyl (C=O) groups excluding carboxylic acids is 1. The Kier molecular flexibility index (Phi) is 5.70. The van der Waals surface area contributed by atoms with Crippen LogP contribution < -0.4 is 11.1 Å². The third-order valence-electron chi connectivity index (χ3n) is 5.18. The van der Waals surface area contributed by atoms with Gasteiger partial charge in [0.1, 0.15) is 24.3 Å². The molecule has 6 atom stereocenters. The maximum absolute atomic E-state index is 12.7. The highest BCUT2D eigenvalue weighted by Crippen LogP contribution is 2.33. The van der Waals surface area contributed by atoms with Gasteiger partial charge in [0.05, 0.1) is 6.61 Å². The molecule has 2 aliphatic rings. The van der Waals surface area contributed by atoms with Crippen molar-refractivity contribution in [3.63, 3.8) is 0 Å². The Hall–Kier alpha value is -2.29. The smallest absolute Gasteiger partial charge is 0.251 e. The van der Waals surface area contributed by atoms with Crippen LogP contribution in [-0.4, -0.2) is 50.2 Å². The number of benzene rings is 2. The van der Waals surface area contributed by atoms with Crippen LogP contribution in [0.5, 0.6) is 0 Å². The summed E-state index contributed by atoms with van der Waals surface area (Å²) >= 11 is 0. The van der Waals surface area contributed by atoms with E-state index in [1.54, 1.807) is 19.2 Å². The van der Waals surface area contributed by atoms with E-state index >= 15 is 0 Å². The van der Waals surface area contributed by atoms with Crippen LogP contribution in [0.2, 0.25) is 0 Å². The van der Waals surface area contributed by atoms with Crippen molar-refractivity contribution in [3.05, 3.63) is 71.8 Å². The monoisotopic (exact) mass is 385 g/mol. The highest BCUT2D eigenvalue weighted by atomic mass is 16.7. The van der Waals surface area contributed by atoms with E-state index < -0.39 is 18.6 Å². The number of carbonyl (C=O) groups is 1. The Morgan fingerprint density at radius 2 is 1.75 bits per heavy atom. The molecule has 0 saturated carbocycles. The Morgan fingerprint density at radius 3 is 2.43 bits per heavy atom. The number of amides is 1. The van der Waals surface area contributed by atoms with Crippen molar-refractivity contribution in [1.29, 1.82) is 0 Å². The van der Waals surface area contributed by atoms with E-state index in [4.69, 9.17) is 18.9 Å². The first kappa shape index (κ1) is 19.0. The second-order valence-electron chi connectivity index (χ2n) is 6.98. The maximum atomic E-state index is 12.7. The molecule has 7 nitrogen and oxygen atoms in total. The lowest BCUT2D eigenvalue weighted by Gasteiger charge is -2.46. The molecule has 2 heterocycles. The van der Waals surface area contributed by atoms with E-state index in [1.165, 1.54) is 0 Å².